The summed E-state index contributed by atoms with van der Waals surface area (Å²) in [5.41, 5.74) is 7.27. The van der Waals surface area contributed by atoms with Gasteiger partial charge in [-0.05, 0) is 17.7 Å². The van der Waals surface area contributed by atoms with Crippen molar-refractivity contribution in [2.45, 2.75) is 23.3 Å². The second-order valence-electron chi connectivity index (χ2n) is 6.56. The lowest BCUT2D eigenvalue weighted by atomic mass is 9.95. The summed E-state index contributed by atoms with van der Waals surface area (Å²) >= 11 is 0. The predicted molar refractivity (Wildman–Crippen MR) is 107 cm³/mol. The van der Waals surface area contributed by atoms with Crippen molar-refractivity contribution in [3.63, 3.8) is 0 Å². The second kappa shape index (κ2) is 9.47. The zero-order valence-electron chi connectivity index (χ0n) is 15.1. The van der Waals surface area contributed by atoms with Crippen molar-refractivity contribution in [1.82, 2.24) is 9.62 Å². The van der Waals surface area contributed by atoms with Gasteiger partial charge in [0.1, 0.15) is 10.7 Å². The molecule has 1 amide bonds. The first-order valence-corrected chi connectivity index (χ1v) is 10.2. The highest BCUT2D eigenvalue weighted by Crippen LogP contribution is 2.26. The van der Waals surface area contributed by atoms with Crippen LogP contribution in [0.15, 0.2) is 59.5 Å². The van der Waals surface area contributed by atoms with Gasteiger partial charge in [0, 0.05) is 38.0 Å². The summed E-state index contributed by atoms with van der Waals surface area (Å²) in [6, 6.07) is 14.7. The van der Waals surface area contributed by atoms with Gasteiger partial charge in [-0.15, -0.1) is 12.4 Å². The van der Waals surface area contributed by atoms with E-state index in [4.69, 9.17) is 5.73 Å². The van der Waals surface area contributed by atoms with Crippen LogP contribution in [0.5, 0.6) is 0 Å². The van der Waals surface area contributed by atoms with Crippen LogP contribution >= 0.6 is 12.4 Å². The molecular formula is C19H23ClFN3O3S. The van der Waals surface area contributed by atoms with E-state index < -0.39 is 20.7 Å². The maximum atomic E-state index is 13.7. The number of carbonyl (C=O) groups excluding carboxylic acids is 1. The van der Waals surface area contributed by atoms with Crippen molar-refractivity contribution >= 4 is 28.3 Å². The van der Waals surface area contributed by atoms with Crippen molar-refractivity contribution in [3.8, 4) is 0 Å². The van der Waals surface area contributed by atoms with Crippen molar-refractivity contribution in [2.24, 2.45) is 5.73 Å². The smallest absolute Gasteiger partial charge is 0.243 e. The van der Waals surface area contributed by atoms with Gasteiger partial charge in [-0.2, -0.15) is 0 Å². The Morgan fingerprint density at radius 1 is 1.11 bits per heavy atom. The number of nitrogens with two attached hydrogens (primary N) is 1. The molecule has 1 heterocycles. The van der Waals surface area contributed by atoms with Crippen LogP contribution in [0.3, 0.4) is 0 Å². The molecule has 6 nitrogen and oxygen atoms in total. The lowest BCUT2D eigenvalue weighted by Gasteiger charge is -2.17. The van der Waals surface area contributed by atoms with Crippen molar-refractivity contribution in [2.75, 3.05) is 19.6 Å². The van der Waals surface area contributed by atoms with E-state index in [2.05, 4.69) is 4.72 Å². The Balaban J connectivity index is 0.00000280. The molecule has 2 aromatic carbocycles. The van der Waals surface area contributed by atoms with E-state index in [-0.39, 0.29) is 43.2 Å². The Labute approximate surface area is 170 Å². The number of sulfonamides is 1. The van der Waals surface area contributed by atoms with Crippen molar-refractivity contribution in [3.05, 3.63) is 66.0 Å². The number of hydrogen-bond donors (Lipinski definition) is 2. The Kier molecular flexibility index (Phi) is 7.54. The van der Waals surface area contributed by atoms with E-state index in [9.17, 15) is 17.6 Å². The van der Waals surface area contributed by atoms with Gasteiger partial charge >= 0.3 is 0 Å². The Morgan fingerprint density at radius 2 is 1.75 bits per heavy atom. The third-order valence-electron chi connectivity index (χ3n) is 4.70. The first-order valence-electron chi connectivity index (χ1n) is 8.71. The van der Waals surface area contributed by atoms with Gasteiger partial charge in [-0.25, -0.2) is 17.5 Å². The molecule has 1 aliphatic rings. The molecule has 1 fully saturated rings. The highest BCUT2D eigenvalue weighted by Gasteiger charge is 2.33. The molecule has 152 valence electrons. The van der Waals surface area contributed by atoms with E-state index in [0.717, 1.165) is 11.6 Å². The SMILES string of the molecule is Cl.N[C@@H]1CN(C(=O)CCNS(=O)(=O)c2ccccc2F)C[C@H]1c1ccccc1. The first-order chi connectivity index (χ1) is 12.9. The molecule has 2 aromatic rings. The van der Waals surface area contributed by atoms with Crippen molar-refractivity contribution in [1.29, 1.82) is 0 Å². The van der Waals surface area contributed by atoms with Gasteiger partial charge in [-0.3, -0.25) is 4.79 Å². The average Bonchev–Trinajstić information content (AvgIpc) is 3.04. The van der Waals surface area contributed by atoms with Crippen LogP contribution < -0.4 is 10.5 Å². The van der Waals surface area contributed by atoms with Gasteiger partial charge in [0.2, 0.25) is 15.9 Å². The summed E-state index contributed by atoms with van der Waals surface area (Å²) in [6.45, 7) is 0.833. The number of rotatable bonds is 6. The Morgan fingerprint density at radius 3 is 2.43 bits per heavy atom. The molecule has 3 N–H and O–H groups in total. The fraction of sp³-hybridized carbons (Fsp3) is 0.316. The van der Waals surface area contributed by atoms with Crippen LogP contribution in [0.2, 0.25) is 0 Å². The largest absolute Gasteiger partial charge is 0.340 e. The summed E-state index contributed by atoms with van der Waals surface area (Å²) < 4.78 is 40.2. The highest BCUT2D eigenvalue weighted by molar-refractivity contribution is 7.89. The van der Waals surface area contributed by atoms with Gasteiger partial charge in [0.25, 0.3) is 0 Å². The van der Waals surface area contributed by atoms with Gasteiger partial charge < -0.3 is 10.6 Å². The molecule has 3 rings (SSSR count). The van der Waals surface area contributed by atoms with E-state index in [1.54, 1.807) is 4.90 Å². The topological polar surface area (TPSA) is 92.5 Å². The van der Waals surface area contributed by atoms with Crippen LogP contribution in [-0.2, 0) is 14.8 Å². The van der Waals surface area contributed by atoms with Crippen LogP contribution in [0.25, 0.3) is 0 Å². The molecule has 28 heavy (non-hydrogen) atoms. The fourth-order valence-electron chi connectivity index (χ4n) is 3.28. The first kappa shape index (κ1) is 22.3. The molecule has 2 atom stereocenters. The van der Waals surface area contributed by atoms with Crippen LogP contribution in [0, 0.1) is 5.82 Å². The number of likely N-dealkylation sites (tertiary alicyclic amines) is 1. The van der Waals surface area contributed by atoms with Gasteiger partial charge in [0.15, 0.2) is 0 Å². The predicted octanol–water partition coefficient (Wildman–Crippen LogP) is 1.87. The summed E-state index contributed by atoms with van der Waals surface area (Å²) in [4.78, 5) is 13.6. The molecule has 0 unspecified atom stereocenters. The number of amides is 1. The molecule has 1 aliphatic heterocycles. The minimum Gasteiger partial charge on any atom is -0.340 e. The lowest BCUT2D eigenvalue weighted by molar-refractivity contribution is -0.130. The molecule has 0 saturated carbocycles. The summed E-state index contributed by atoms with van der Waals surface area (Å²) in [5.74, 6) is -0.946. The quantitative estimate of drug-likeness (QED) is 0.736. The number of halogens is 2. The molecule has 0 spiro atoms. The number of nitrogens with one attached hydrogen (secondary N) is 1. The minimum atomic E-state index is -4.00. The van der Waals surface area contributed by atoms with Crippen molar-refractivity contribution < 1.29 is 17.6 Å². The fourth-order valence-corrected chi connectivity index (χ4v) is 4.39. The highest BCUT2D eigenvalue weighted by atomic mass is 35.5. The van der Waals surface area contributed by atoms with E-state index in [1.165, 1.54) is 18.2 Å². The zero-order valence-corrected chi connectivity index (χ0v) is 16.8. The lowest BCUT2D eigenvalue weighted by Crippen LogP contribution is -2.35. The second-order valence-corrected chi connectivity index (χ2v) is 8.29. The maximum Gasteiger partial charge on any atom is 0.243 e. The summed E-state index contributed by atoms with van der Waals surface area (Å²) in [5, 5.41) is 0. The van der Waals surface area contributed by atoms with Gasteiger partial charge in [-0.1, -0.05) is 42.5 Å². The molecule has 9 heteroatoms. The zero-order chi connectivity index (χ0) is 19.4. The standard InChI is InChI=1S/C19H22FN3O3S.ClH/c20-16-8-4-5-9-18(16)27(25,26)22-11-10-19(24)23-12-15(17(21)13-23)14-6-2-1-3-7-14;/h1-9,15,17,22H,10-13,21H2;1H/t15-,17+;/m0./s1. The van der Waals surface area contributed by atoms with Gasteiger partial charge in [0.05, 0.1) is 0 Å². The van der Waals surface area contributed by atoms with E-state index in [0.29, 0.717) is 13.1 Å². The molecule has 1 saturated heterocycles. The molecule has 0 aromatic heterocycles. The molecule has 0 aliphatic carbocycles. The normalized spacial score (nSPS) is 19.3. The number of hydrogen-bond acceptors (Lipinski definition) is 4. The maximum absolute atomic E-state index is 13.7. The minimum absolute atomic E-state index is 0. The molecular weight excluding hydrogens is 405 g/mol. The Bertz CT molecular complexity index is 912. The van der Waals surface area contributed by atoms with E-state index >= 15 is 0 Å². The van der Waals surface area contributed by atoms with E-state index in [1.807, 2.05) is 30.3 Å². The average molecular weight is 428 g/mol. The third-order valence-corrected chi connectivity index (χ3v) is 6.20. The summed E-state index contributed by atoms with van der Waals surface area (Å²) in [6.07, 6.45) is -0.0120. The monoisotopic (exact) mass is 427 g/mol. The Hall–Kier alpha value is -2.00. The van der Waals surface area contributed by atoms with Crippen LogP contribution in [-0.4, -0.2) is 44.9 Å². The molecule has 0 radical (unpaired) electrons. The number of carbonyl (C=O) groups is 1. The third kappa shape index (κ3) is 5.08. The number of nitrogens with zero attached hydrogens (tertiary/aromatic N) is 1. The summed E-state index contributed by atoms with van der Waals surface area (Å²) in [7, 11) is -4.00. The number of benzene rings is 2. The van der Waals surface area contributed by atoms with Crippen LogP contribution in [0.4, 0.5) is 4.39 Å². The molecule has 0 bridgehead atoms. The van der Waals surface area contributed by atoms with Crippen LogP contribution in [0.1, 0.15) is 17.9 Å².